The molecule has 0 bridgehead atoms. The lowest BCUT2D eigenvalue weighted by Gasteiger charge is -1.99. The second-order valence-electron chi connectivity index (χ2n) is 2.94. The van der Waals surface area contributed by atoms with Crippen molar-refractivity contribution in [2.75, 3.05) is 0 Å². The Morgan fingerprint density at radius 2 is 1.80 bits per heavy atom. The summed E-state index contributed by atoms with van der Waals surface area (Å²) in [5, 5.41) is 8.53. The van der Waals surface area contributed by atoms with Crippen LogP contribution in [0.25, 0.3) is 0 Å². The summed E-state index contributed by atoms with van der Waals surface area (Å²) >= 11 is 12.4. The molecule has 1 aromatic heterocycles. The lowest BCUT2D eigenvalue weighted by Crippen LogP contribution is -2.03. The van der Waals surface area contributed by atoms with Gasteiger partial charge < -0.3 is 0 Å². The van der Waals surface area contributed by atoms with E-state index < -0.39 is 0 Å². The zero-order chi connectivity index (χ0) is 10.8. The predicted octanol–water partition coefficient (Wildman–Crippen LogP) is 3.50. The lowest BCUT2D eigenvalue weighted by atomic mass is 10.2. The zero-order valence-corrected chi connectivity index (χ0v) is 11.4. The van der Waals surface area contributed by atoms with E-state index in [0.29, 0.717) is 16.3 Å². The second-order valence-corrected chi connectivity index (χ2v) is 4.96. The van der Waals surface area contributed by atoms with Gasteiger partial charge in [0.2, 0.25) is 0 Å². The third kappa shape index (κ3) is 2.80. The highest BCUT2D eigenvalue weighted by Gasteiger charge is 2.05. The monoisotopic (exact) mass is 349 g/mol. The molecule has 0 saturated carbocycles. The number of aromatic nitrogens is 3. The molecule has 1 heterocycles. The fraction of sp³-hybridized carbons (Fsp3) is 0.111. The van der Waals surface area contributed by atoms with Gasteiger partial charge in [0.15, 0.2) is 9.76 Å². The SMILES string of the molecule is Clc1nn(Cc2ccc(Br)cc2)nc1Br. The highest BCUT2D eigenvalue weighted by atomic mass is 79.9. The Kier molecular flexibility index (Phi) is 3.43. The van der Waals surface area contributed by atoms with Gasteiger partial charge in [-0.3, -0.25) is 0 Å². The van der Waals surface area contributed by atoms with E-state index in [0.717, 1.165) is 10.0 Å². The Labute approximate surface area is 109 Å². The van der Waals surface area contributed by atoms with Gasteiger partial charge in [-0.25, -0.2) is 0 Å². The molecule has 0 aliphatic carbocycles. The summed E-state index contributed by atoms with van der Waals surface area (Å²) in [6.07, 6.45) is 0. The second kappa shape index (κ2) is 4.63. The largest absolute Gasteiger partial charge is 0.185 e. The molecular weight excluding hydrogens is 345 g/mol. The highest BCUT2D eigenvalue weighted by molar-refractivity contribution is 9.10. The minimum absolute atomic E-state index is 0.382. The third-order valence-corrected chi connectivity index (χ3v) is 3.36. The first-order valence-corrected chi connectivity index (χ1v) is 6.12. The maximum atomic E-state index is 5.77. The quantitative estimate of drug-likeness (QED) is 0.829. The maximum absolute atomic E-state index is 5.77. The minimum atomic E-state index is 0.382. The Bertz CT molecular complexity index is 447. The Morgan fingerprint density at radius 1 is 1.13 bits per heavy atom. The van der Waals surface area contributed by atoms with E-state index >= 15 is 0 Å². The van der Waals surface area contributed by atoms with Crippen LogP contribution < -0.4 is 0 Å². The van der Waals surface area contributed by atoms with Crippen molar-refractivity contribution in [1.82, 2.24) is 15.0 Å². The average Bonchev–Trinajstić information content (AvgIpc) is 2.50. The molecule has 0 fully saturated rings. The van der Waals surface area contributed by atoms with Crippen molar-refractivity contribution in [3.05, 3.63) is 44.1 Å². The molecule has 78 valence electrons. The van der Waals surface area contributed by atoms with E-state index in [1.54, 1.807) is 4.80 Å². The van der Waals surface area contributed by atoms with Crippen LogP contribution in [0.1, 0.15) is 5.56 Å². The maximum Gasteiger partial charge on any atom is 0.185 e. The first-order chi connectivity index (χ1) is 7.15. The smallest absolute Gasteiger partial charge is 0.178 e. The molecular formula is C9H6Br2ClN3. The summed E-state index contributed by atoms with van der Waals surface area (Å²) in [4.78, 5) is 1.55. The number of nitrogens with zero attached hydrogens (tertiary/aromatic N) is 3. The molecule has 3 nitrogen and oxygen atoms in total. The van der Waals surface area contributed by atoms with E-state index in [1.807, 2.05) is 24.3 Å². The molecule has 0 radical (unpaired) electrons. The molecule has 0 unspecified atom stereocenters. The van der Waals surface area contributed by atoms with Gasteiger partial charge in [0.25, 0.3) is 0 Å². The topological polar surface area (TPSA) is 30.7 Å². The molecule has 0 spiro atoms. The molecule has 6 heteroatoms. The van der Waals surface area contributed by atoms with Crippen molar-refractivity contribution in [2.45, 2.75) is 6.54 Å². The molecule has 2 aromatic rings. The van der Waals surface area contributed by atoms with Gasteiger partial charge in [-0.15, -0.1) is 10.2 Å². The molecule has 0 aliphatic heterocycles. The van der Waals surface area contributed by atoms with E-state index in [1.165, 1.54) is 0 Å². The molecule has 0 atom stereocenters. The number of hydrogen-bond acceptors (Lipinski definition) is 2. The fourth-order valence-electron chi connectivity index (χ4n) is 1.13. The Hall–Kier alpha value is -0.390. The summed E-state index contributed by atoms with van der Waals surface area (Å²) < 4.78 is 1.63. The van der Waals surface area contributed by atoms with Crippen LogP contribution >= 0.6 is 43.5 Å². The molecule has 0 saturated heterocycles. The van der Waals surface area contributed by atoms with Crippen LogP contribution in [-0.2, 0) is 6.54 Å². The van der Waals surface area contributed by atoms with Gasteiger partial charge in [0.1, 0.15) is 0 Å². The third-order valence-electron chi connectivity index (χ3n) is 1.81. The molecule has 1 aromatic carbocycles. The van der Waals surface area contributed by atoms with E-state index in [-0.39, 0.29) is 0 Å². The van der Waals surface area contributed by atoms with Crippen molar-refractivity contribution in [2.24, 2.45) is 0 Å². The van der Waals surface area contributed by atoms with E-state index in [2.05, 4.69) is 42.1 Å². The van der Waals surface area contributed by atoms with Crippen LogP contribution in [0.3, 0.4) is 0 Å². The molecule has 0 amide bonds. The zero-order valence-electron chi connectivity index (χ0n) is 7.49. The minimum Gasteiger partial charge on any atom is -0.178 e. The van der Waals surface area contributed by atoms with Crippen LogP contribution in [0.5, 0.6) is 0 Å². The summed E-state index contributed by atoms with van der Waals surface area (Å²) in [5.41, 5.74) is 1.12. The first-order valence-electron chi connectivity index (χ1n) is 4.16. The average molecular weight is 351 g/mol. The van der Waals surface area contributed by atoms with E-state index in [4.69, 9.17) is 11.6 Å². The van der Waals surface area contributed by atoms with Crippen molar-refractivity contribution >= 4 is 43.5 Å². The molecule has 2 rings (SSSR count). The Morgan fingerprint density at radius 3 is 2.33 bits per heavy atom. The van der Waals surface area contributed by atoms with Crippen molar-refractivity contribution < 1.29 is 0 Å². The highest BCUT2D eigenvalue weighted by Crippen LogP contribution is 2.17. The van der Waals surface area contributed by atoms with Crippen LogP contribution in [0.2, 0.25) is 5.15 Å². The van der Waals surface area contributed by atoms with Gasteiger partial charge in [-0.1, -0.05) is 39.7 Å². The molecule has 15 heavy (non-hydrogen) atoms. The van der Waals surface area contributed by atoms with Gasteiger partial charge in [0.05, 0.1) is 6.54 Å². The standard InChI is InChI=1S/C9H6Br2ClN3/c10-7-3-1-6(2-4-7)5-15-13-8(11)9(12)14-15/h1-4H,5H2. The summed E-state index contributed by atoms with van der Waals surface area (Å²) in [7, 11) is 0. The summed E-state index contributed by atoms with van der Waals surface area (Å²) in [6.45, 7) is 0.610. The van der Waals surface area contributed by atoms with Gasteiger partial charge in [-0.2, -0.15) is 4.80 Å². The van der Waals surface area contributed by atoms with Gasteiger partial charge in [0, 0.05) is 4.47 Å². The van der Waals surface area contributed by atoms with Gasteiger partial charge >= 0.3 is 0 Å². The molecule has 0 N–H and O–H groups in total. The normalized spacial score (nSPS) is 10.6. The van der Waals surface area contributed by atoms with Crippen LogP contribution in [0.4, 0.5) is 0 Å². The summed E-state index contributed by atoms with van der Waals surface area (Å²) in [5.74, 6) is 0. The van der Waals surface area contributed by atoms with Crippen molar-refractivity contribution in [3.63, 3.8) is 0 Å². The van der Waals surface area contributed by atoms with Crippen LogP contribution in [0.15, 0.2) is 33.3 Å². The number of benzene rings is 1. The van der Waals surface area contributed by atoms with Crippen LogP contribution in [-0.4, -0.2) is 15.0 Å². The number of rotatable bonds is 2. The lowest BCUT2D eigenvalue weighted by molar-refractivity contribution is 0.589. The number of hydrogen-bond donors (Lipinski definition) is 0. The van der Waals surface area contributed by atoms with Crippen LogP contribution in [0, 0.1) is 0 Å². The summed E-state index contributed by atoms with van der Waals surface area (Å²) in [6, 6.07) is 7.98. The Balaban J connectivity index is 2.18. The molecule has 0 aliphatic rings. The van der Waals surface area contributed by atoms with Crippen molar-refractivity contribution in [1.29, 1.82) is 0 Å². The fourth-order valence-corrected chi connectivity index (χ4v) is 1.78. The number of halogens is 3. The van der Waals surface area contributed by atoms with Gasteiger partial charge in [-0.05, 0) is 33.6 Å². The predicted molar refractivity (Wildman–Crippen MR) is 66.0 cm³/mol. The first kappa shape index (κ1) is 11.1. The van der Waals surface area contributed by atoms with Crippen molar-refractivity contribution in [3.8, 4) is 0 Å². The van der Waals surface area contributed by atoms with E-state index in [9.17, 15) is 0 Å².